The van der Waals surface area contributed by atoms with Gasteiger partial charge in [0, 0.05) is 25.0 Å². The molecule has 0 bridgehead atoms. The molecule has 0 radical (unpaired) electrons. The Morgan fingerprint density at radius 3 is 2.70 bits per heavy atom. The molecule has 2 fully saturated rings. The Kier molecular flexibility index (Phi) is 4.61. The molecule has 2 saturated carbocycles. The number of hydrogen-bond donors (Lipinski definition) is 0. The van der Waals surface area contributed by atoms with E-state index in [0.717, 1.165) is 42.4 Å². The van der Waals surface area contributed by atoms with E-state index < -0.39 is 0 Å². The van der Waals surface area contributed by atoms with Gasteiger partial charge in [-0.2, -0.15) is 4.73 Å². The monoisotopic (exact) mass is 407 g/mol. The highest BCUT2D eigenvalue weighted by Gasteiger charge is 2.57. The number of carbonyl (C=O) groups excluding carboxylic acids is 1. The van der Waals surface area contributed by atoms with E-state index >= 15 is 0 Å². The van der Waals surface area contributed by atoms with E-state index in [0.29, 0.717) is 17.8 Å². The van der Waals surface area contributed by atoms with E-state index in [1.165, 1.54) is 30.9 Å². The molecule has 6 atom stereocenters. The number of fused-ring (bicyclic) bond motifs is 5. The van der Waals surface area contributed by atoms with Crippen LogP contribution in [0, 0.1) is 33.8 Å². The van der Waals surface area contributed by atoms with Crippen molar-refractivity contribution in [2.24, 2.45) is 28.6 Å². The molecule has 1 heterocycles. The van der Waals surface area contributed by atoms with Crippen LogP contribution in [-0.4, -0.2) is 12.1 Å². The number of allylic oxidation sites excluding steroid dienone is 3. The van der Waals surface area contributed by atoms with Crippen LogP contribution >= 0.6 is 0 Å². The summed E-state index contributed by atoms with van der Waals surface area (Å²) in [7, 11) is 0. The van der Waals surface area contributed by atoms with Crippen LogP contribution in [0.15, 0.2) is 42.3 Å². The number of nitrogens with zero attached hydrogens (tertiary/aromatic N) is 1. The van der Waals surface area contributed by atoms with Gasteiger partial charge in [-0.25, -0.2) is 0 Å². The fraction of sp³-hybridized carbons (Fsp3) is 0.615. The summed E-state index contributed by atoms with van der Waals surface area (Å²) in [5.41, 5.74) is 4.41. The lowest BCUT2D eigenvalue weighted by atomic mass is 9.47. The molecule has 1 aromatic rings. The highest BCUT2D eigenvalue weighted by Crippen LogP contribution is 2.66. The normalized spacial score (nSPS) is 39.8. The number of ether oxygens (including phenoxy) is 1. The fourth-order valence-corrected chi connectivity index (χ4v) is 7.59. The van der Waals surface area contributed by atoms with Crippen molar-refractivity contribution in [2.75, 3.05) is 0 Å². The number of hydrogen-bond acceptors (Lipinski definition) is 3. The Labute approximate surface area is 179 Å². The van der Waals surface area contributed by atoms with Gasteiger partial charge < -0.3 is 9.94 Å². The molecule has 0 spiro atoms. The van der Waals surface area contributed by atoms with Gasteiger partial charge in [0.25, 0.3) is 0 Å². The van der Waals surface area contributed by atoms with Crippen LogP contribution in [0.5, 0.6) is 0 Å². The predicted molar refractivity (Wildman–Crippen MR) is 116 cm³/mol. The number of esters is 1. The smallest absolute Gasteiger partial charge is 0.302 e. The summed E-state index contributed by atoms with van der Waals surface area (Å²) < 4.78 is 6.49. The maximum absolute atomic E-state index is 11.9. The second kappa shape index (κ2) is 6.96. The van der Waals surface area contributed by atoms with E-state index in [4.69, 9.17) is 4.74 Å². The first-order chi connectivity index (χ1) is 14.3. The molecule has 30 heavy (non-hydrogen) atoms. The molecule has 0 N–H and O–H groups in total. The molecule has 0 saturated heterocycles. The van der Waals surface area contributed by atoms with E-state index in [1.807, 2.05) is 6.07 Å². The van der Waals surface area contributed by atoms with Gasteiger partial charge in [0.05, 0.1) is 0 Å². The van der Waals surface area contributed by atoms with Crippen molar-refractivity contribution in [1.82, 2.24) is 0 Å². The number of pyridine rings is 1. The number of aromatic nitrogens is 1. The Balaban J connectivity index is 1.41. The minimum absolute atomic E-state index is 0.0591. The van der Waals surface area contributed by atoms with Crippen LogP contribution in [-0.2, 0) is 9.53 Å². The average molecular weight is 408 g/mol. The second-order valence-electron chi connectivity index (χ2n) is 10.5. The summed E-state index contributed by atoms with van der Waals surface area (Å²) in [6.45, 7) is 6.43. The van der Waals surface area contributed by atoms with Gasteiger partial charge in [0.2, 0.25) is 0 Å². The molecule has 0 amide bonds. The van der Waals surface area contributed by atoms with Crippen LogP contribution in [0.2, 0.25) is 0 Å². The van der Waals surface area contributed by atoms with Crippen LogP contribution in [0.4, 0.5) is 0 Å². The summed E-state index contributed by atoms with van der Waals surface area (Å²) in [5, 5.41) is 11.9. The van der Waals surface area contributed by atoms with Crippen LogP contribution in [0.3, 0.4) is 0 Å². The van der Waals surface area contributed by atoms with Crippen molar-refractivity contribution < 1.29 is 14.3 Å². The van der Waals surface area contributed by atoms with Crippen molar-refractivity contribution in [3.63, 3.8) is 0 Å². The number of rotatable bonds is 2. The van der Waals surface area contributed by atoms with Crippen LogP contribution < -0.4 is 4.73 Å². The SMILES string of the molecule is CC(=O)O[C@H]1CC[C@@]2(C)C(=CC[C@@H]3[C@H]2CC[C@]2(C)C(c4ccc[n+]([O-])c4)=CC[C@H]32)C1. The van der Waals surface area contributed by atoms with E-state index in [-0.39, 0.29) is 22.9 Å². The third-order valence-electron chi connectivity index (χ3n) is 9.06. The molecule has 0 aromatic carbocycles. The summed E-state index contributed by atoms with van der Waals surface area (Å²) in [4.78, 5) is 11.4. The molecule has 0 unspecified atom stereocenters. The van der Waals surface area contributed by atoms with E-state index in [9.17, 15) is 10.0 Å². The van der Waals surface area contributed by atoms with Gasteiger partial charge in [-0.1, -0.05) is 31.6 Å². The summed E-state index contributed by atoms with van der Waals surface area (Å²) in [6.07, 6.45) is 16.0. The zero-order valence-corrected chi connectivity index (χ0v) is 18.4. The maximum atomic E-state index is 11.9. The van der Waals surface area contributed by atoms with Crippen molar-refractivity contribution in [3.05, 3.63) is 53.0 Å². The Morgan fingerprint density at radius 2 is 1.93 bits per heavy atom. The molecule has 0 aliphatic heterocycles. The minimum atomic E-state index is -0.156. The molecule has 5 rings (SSSR count). The lowest BCUT2D eigenvalue weighted by Gasteiger charge is -2.57. The van der Waals surface area contributed by atoms with Crippen LogP contribution in [0.1, 0.15) is 71.3 Å². The maximum Gasteiger partial charge on any atom is 0.302 e. The van der Waals surface area contributed by atoms with Gasteiger partial charge in [-0.05, 0) is 78.7 Å². The zero-order chi connectivity index (χ0) is 21.1. The quantitative estimate of drug-likeness (QED) is 0.293. The Hall–Kier alpha value is -2.10. The van der Waals surface area contributed by atoms with E-state index in [1.54, 1.807) is 12.4 Å². The average Bonchev–Trinajstić information content (AvgIpc) is 3.05. The molecule has 4 aliphatic rings. The minimum Gasteiger partial charge on any atom is -0.619 e. The van der Waals surface area contributed by atoms with Gasteiger partial charge in [-0.3, -0.25) is 4.79 Å². The molecule has 160 valence electrons. The van der Waals surface area contributed by atoms with Crippen molar-refractivity contribution in [2.45, 2.75) is 71.8 Å². The molecule has 4 nitrogen and oxygen atoms in total. The lowest BCUT2D eigenvalue weighted by molar-refractivity contribution is -0.605. The van der Waals surface area contributed by atoms with Crippen molar-refractivity contribution in [3.8, 4) is 0 Å². The summed E-state index contributed by atoms with van der Waals surface area (Å²) >= 11 is 0. The Morgan fingerprint density at radius 1 is 1.13 bits per heavy atom. The standard InChI is InChI=1S/C26H33NO3/c1-17(28)30-20-10-12-25(2)19(15-20)6-7-21-23-9-8-22(18-5-4-14-27(29)16-18)26(23,3)13-11-24(21)25/h4-6,8,14,16,20-21,23-24H,7,9-13,15H2,1-3H3/t20-,21-,23+,24+,25-,26+/m0/s1. The first-order valence-electron chi connectivity index (χ1n) is 11.6. The van der Waals surface area contributed by atoms with Gasteiger partial charge in [0.15, 0.2) is 12.4 Å². The van der Waals surface area contributed by atoms with Crippen molar-refractivity contribution >= 4 is 11.5 Å². The van der Waals surface area contributed by atoms with E-state index in [2.05, 4.69) is 32.1 Å². The third-order valence-corrected chi connectivity index (χ3v) is 9.06. The summed E-state index contributed by atoms with van der Waals surface area (Å²) in [6, 6.07) is 3.96. The lowest BCUT2D eigenvalue weighted by Crippen LogP contribution is -2.50. The Bertz CT molecular complexity index is 934. The summed E-state index contributed by atoms with van der Waals surface area (Å²) in [5.74, 6) is 1.89. The molecular formula is C26H33NO3. The molecule has 1 aromatic heterocycles. The highest BCUT2D eigenvalue weighted by molar-refractivity contribution is 5.72. The fourth-order valence-electron chi connectivity index (χ4n) is 7.59. The first kappa shape index (κ1) is 19.8. The van der Waals surface area contributed by atoms with Crippen molar-refractivity contribution in [1.29, 1.82) is 0 Å². The second-order valence-corrected chi connectivity index (χ2v) is 10.5. The first-order valence-corrected chi connectivity index (χ1v) is 11.6. The van der Waals surface area contributed by atoms with Gasteiger partial charge >= 0.3 is 5.97 Å². The molecule has 4 aliphatic carbocycles. The predicted octanol–water partition coefficient (Wildman–Crippen LogP) is 5.21. The third kappa shape index (κ3) is 2.94. The molecule has 4 heteroatoms. The van der Waals surface area contributed by atoms with Crippen LogP contribution in [0.25, 0.3) is 5.57 Å². The zero-order valence-electron chi connectivity index (χ0n) is 18.4. The van der Waals surface area contributed by atoms with Gasteiger partial charge in [-0.15, -0.1) is 0 Å². The topological polar surface area (TPSA) is 53.2 Å². The largest absolute Gasteiger partial charge is 0.619 e. The van der Waals surface area contributed by atoms with Gasteiger partial charge in [0.1, 0.15) is 6.10 Å². The molecular weight excluding hydrogens is 374 g/mol. The highest BCUT2D eigenvalue weighted by atomic mass is 16.5. The number of carbonyl (C=O) groups is 1.